The molecule has 1 aromatic rings. The molecule has 140 valence electrons. The van der Waals surface area contributed by atoms with Crippen LogP contribution in [0.5, 0.6) is 0 Å². The van der Waals surface area contributed by atoms with E-state index in [1.165, 1.54) is 5.56 Å². The van der Waals surface area contributed by atoms with Crippen molar-refractivity contribution in [2.75, 3.05) is 32.7 Å². The quantitative estimate of drug-likeness (QED) is 0.236. The van der Waals surface area contributed by atoms with E-state index < -0.39 is 0 Å². The second kappa shape index (κ2) is 9.87. The fraction of sp³-hybridized carbons (Fsp3) is 0.632. The number of amides is 1. The van der Waals surface area contributed by atoms with Crippen LogP contribution in [0.4, 0.5) is 0 Å². The van der Waals surface area contributed by atoms with Crippen molar-refractivity contribution in [3.63, 3.8) is 0 Å². The van der Waals surface area contributed by atoms with Crippen LogP contribution < -0.4 is 5.48 Å². The molecule has 1 heterocycles. The van der Waals surface area contributed by atoms with E-state index in [-0.39, 0.29) is 10.6 Å². The lowest BCUT2D eigenvalue weighted by Gasteiger charge is -2.49. The Bertz CT molecular complexity index is 516. The highest BCUT2D eigenvalue weighted by Gasteiger charge is 2.28. The van der Waals surface area contributed by atoms with E-state index in [0.717, 1.165) is 38.8 Å². The van der Waals surface area contributed by atoms with E-state index in [0.29, 0.717) is 32.1 Å². The molecule has 25 heavy (non-hydrogen) atoms. The molecule has 6 heteroatoms. The van der Waals surface area contributed by atoms with Gasteiger partial charge in [0.2, 0.25) is 5.91 Å². The Balaban J connectivity index is 1.65. The summed E-state index contributed by atoms with van der Waals surface area (Å²) in [6.07, 6.45) is 3.89. The van der Waals surface area contributed by atoms with E-state index in [9.17, 15) is 10.0 Å². The first-order valence-electron chi connectivity index (χ1n) is 9.33. The van der Waals surface area contributed by atoms with E-state index in [1.54, 1.807) is 5.48 Å². The summed E-state index contributed by atoms with van der Waals surface area (Å²) in [7, 11) is 0. The molecule has 1 unspecified atom stereocenters. The fourth-order valence-electron chi connectivity index (χ4n) is 3.49. The smallest absolute Gasteiger partial charge is 0.243 e. The maximum absolute atomic E-state index is 12.8. The van der Waals surface area contributed by atoms with Crippen molar-refractivity contribution in [2.45, 2.75) is 45.1 Å². The summed E-state index contributed by atoms with van der Waals surface area (Å²) in [5, 5.41) is 21.3. The van der Waals surface area contributed by atoms with Gasteiger partial charge in [-0.15, -0.1) is 0 Å². The molecule has 1 saturated heterocycles. The van der Waals surface area contributed by atoms with Gasteiger partial charge in [0.05, 0.1) is 19.6 Å². The number of benzene rings is 1. The summed E-state index contributed by atoms with van der Waals surface area (Å²) in [4.78, 5) is 13.3. The van der Waals surface area contributed by atoms with Gasteiger partial charge in [-0.05, 0) is 31.7 Å². The number of carbonyl (C=O) groups is 1. The number of rotatable bonds is 9. The molecule has 0 bridgehead atoms. The van der Waals surface area contributed by atoms with Crippen LogP contribution in [0, 0.1) is 5.21 Å². The van der Waals surface area contributed by atoms with E-state index in [1.807, 2.05) is 6.07 Å². The number of nitrogens with zero attached hydrogens (tertiary/aromatic N) is 2. The third-order valence-electron chi connectivity index (χ3n) is 5.26. The maximum Gasteiger partial charge on any atom is 0.243 e. The van der Waals surface area contributed by atoms with Crippen LogP contribution in [-0.4, -0.2) is 53.4 Å². The van der Waals surface area contributed by atoms with Gasteiger partial charge < -0.3 is 9.85 Å². The normalized spacial score (nSPS) is 18.7. The molecule has 1 atom stereocenters. The molecule has 6 nitrogen and oxygen atoms in total. The Kier molecular flexibility index (Phi) is 7.84. The lowest BCUT2D eigenvalue weighted by Crippen LogP contribution is -2.56. The number of nitrogens with one attached hydrogen (secondary N) is 1. The van der Waals surface area contributed by atoms with E-state index in [4.69, 9.17) is 5.21 Å². The van der Waals surface area contributed by atoms with Gasteiger partial charge in [-0.25, -0.2) is 5.48 Å². The van der Waals surface area contributed by atoms with Crippen LogP contribution >= 0.6 is 0 Å². The van der Waals surface area contributed by atoms with Crippen LogP contribution in [0.25, 0.3) is 0 Å². The number of quaternary nitrogens is 1. The molecule has 1 aromatic carbocycles. The maximum atomic E-state index is 12.8. The van der Waals surface area contributed by atoms with Crippen LogP contribution in [0.2, 0.25) is 0 Å². The molecule has 0 aliphatic carbocycles. The Morgan fingerprint density at radius 1 is 1.20 bits per heavy atom. The monoisotopic (exact) mass is 349 g/mol. The zero-order valence-electron chi connectivity index (χ0n) is 15.2. The summed E-state index contributed by atoms with van der Waals surface area (Å²) < 4.78 is -0.0882. The minimum Gasteiger partial charge on any atom is -0.633 e. The second-order valence-electron chi connectivity index (χ2n) is 7.05. The largest absolute Gasteiger partial charge is 0.633 e. The van der Waals surface area contributed by atoms with Crippen LogP contribution in [0.15, 0.2) is 30.3 Å². The summed E-state index contributed by atoms with van der Waals surface area (Å²) in [6.45, 7) is 5.88. The van der Waals surface area contributed by atoms with Crippen molar-refractivity contribution in [1.82, 2.24) is 10.4 Å². The van der Waals surface area contributed by atoms with Gasteiger partial charge >= 0.3 is 0 Å². The molecule has 1 aliphatic heterocycles. The average molecular weight is 349 g/mol. The highest BCUT2D eigenvalue weighted by molar-refractivity contribution is 5.74. The van der Waals surface area contributed by atoms with Gasteiger partial charge in [-0.3, -0.25) is 14.9 Å². The summed E-state index contributed by atoms with van der Waals surface area (Å²) in [5.74, 6) is -0.337. The lowest BCUT2D eigenvalue weighted by molar-refractivity contribution is -0.885. The van der Waals surface area contributed by atoms with Gasteiger partial charge in [-0.1, -0.05) is 36.8 Å². The van der Waals surface area contributed by atoms with Crippen LogP contribution in [0.3, 0.4) is 0 Å². The Morgan fingerprint density at radius 3 is 2.48 bits per heavy atom. The molecule has 1 fully saturated rings. The third kappa shape index (κ3) is 6.40. The number of piperazine rings is 1. The molecule has 2 rings (SSSR count). The predicted molar refractivity (Wildman–Crippen MR) is 97.7 cm³/mol. The lowest BCUT2D eigenvalue weighted by atomic mass is 10.1. The first-order valence-corrected chi connectivity index (χ1v) is 9.33. The number of hydrogen-bond acceptors (Lipinski definition) is 4. The second-order valence-corrected chi connectivity index (χ2v) is 7.05. The number of hydroxylamine groups is 4. The minimum atomic E-state index is -0.337. The van der Waals surface area contributed by atoms with Crippen molar-refractivity contribution in [1.29, 1.82) is 0 Å². The van der Waals surface area contributed by atoms with E-state index >= 15 is 0 Å². The topological polar surface area (TPSA) is 75.6 Å². The number of hydrogen-bond donors (Lipinski definition) is 2. The summed E-state index contributed by atoms with van der Waals surface area (Å²) in [5.41, 5.74) is 2.95. The molecular formula is C19H31N3O3. The highest BCUT2D eigenvalue weighted by Crippen LogP contribution is 2.23. The Morgan fingerprint density at radius 2 is 1.84 bits per heavy atom. The molecule has 0 aromatic heterocycles. The van der Waals surface area contributed by atoms with Gasteiger partial charge in [0.25, 0.3) is 0 Å². The zero-order chi connectivity index (χ0) is 18.1. The molecule has 1 aliphatic rings. The first kappa shape index (κ1) is 19.8. The van der Waals surface area contributed by atoms with Gasteiger partial charge in [0.15, 0.2) is 0 Å². The molecule has 0 spiro atoms. The third-order valence-corrected chi connectivity index (χ3v) is 5.26. The SMILES string of the molecule is CC(c1ccccc1)N1CC[N+]([O-])(CCCCCCC(=O)NO)CC1. The average Bonchev–Trinajstić information content (AvgIpc) is 2.65. The molecule has 2 N–H and O–H groups in total. The predicted octanol–water partition coefficient (Wildman–Crippen LogP) is 2.83. The first-order chi connectivity index (χ1) is 12.0. The van der Waals surface area contributed by atoms with Crippen molar-refractivity contribution in [3.05, 3.63) is 41.1 Å². The van der Waals surface area contributed by atoms with Crippen molar-refractivity contribution < 1.29 is 14.6 Å². The van der Waals surface area contributed by atoms with Gasteiger partial charge in [-0.2, -0.15) is 0 Å². The standard InChI is InChI=1S/C19H31N3O3/c1-17(18-9-5-4-6-10-18)21-12-15-22(25,16-13-21)14-8-3-2-7-11-19(23)20-24/h4-6,9-10,17,24H,2-3,7-8,11-16H2,1H3,(H,20,23). The van der Waals surface area contributed by atoms with E-state index in [2.05, 4.69) is 36.1 Å². The number of carbonyl (C=O) groups excluding carboxylic acids is 1. The van der Waals surface area contributed by atoms with Crippen LogP contribution in [-0.2, 0) is 4.79 Å². The van der Waals surface area contributed by atoms with Crippen molar-refractivity contribution in [3.8, 4) is 0 Å². The van der Waals surface area contributed by atoms with Crippen LogP contribution in [0.1, 0.15) is 50.6 Å². The number of unbranched alkanes of at least 4 members (excludes halogenated alkanes) is 3. The molecule has 1 amide bonds. The summed E-state index contributed by atoms with van der Waals surface area (Å²) >= 11 is 0. The highest BCUT2D eigenvalue weighted by atomic mass is 16.5. The Hall–Kier alpha value is -1.47. The fourth-order valence-corrected chi connectivity index (χ4v) is 3.49. The molecular weight excluding hydrogens is 318 g/mol. The molecule has 0 radical (unpaired) electrons. The minimum absolute atomic E-state index is 0.0882. The zero-order valence-corrected chi connectivity index (χ0v) is 15.2. The van der Waals surface area contributed by atoms with Gasteiger partial charge in [0.1, 0.15) is 0 Å². The summed E-state index contributed by atoms with van der Waals surface area (Å²) in [6, 6.07) is 10.8. The van der Waals surface area contributed by atoms with Gasteiger partial charge in [0, 0.05) is 25.6 Å². The molecule has 0 saturated carbocycles. The Labute approximate surface area is 150 Å². The van der Waals surface area contributed by atoms with Crippen molar-refractivity contribution in [2.24, 2.45) is 0 Å². The van der Waals surface area contributed by atoms with Crippen molar-refractivity contribution >= 4 is 5.91 Å².